The Labute approximate surface area is 391 Å². The third kappa shape index (κ3) is 8.05. The standard InChI is InChI=1S/C64H56N2/c1-63(2,3)49-36-39-58(54(42-49)45-24-12-7-13-25-45)66(59-40-37-50(64(4,5)6)43-55(59)46-26-14-8-15-27-46)52-38-41-60-56(44-52)62(61(47-28-16-9-17-29-47)48-30-18-10-19-31-48)53-34-22-23-35-57(53)65(60)51-32-20-11-21-33-51/h7-44H,1-6H3. The number of nitrogens with zero attached hydrogens (tertiary/aromatic N) is 2. The minimum absolute atomic E-state index is 0.0540. The first kappa shape index (κ1) is 42.3. The Morgan fingerprint density at radius 3 is 1.27 bits per heavy atom. The van der Waals surface area contributed by atoms with Crippen molar-refractivity contribution in [1.29, 1.82) is 0 Å². The van der Waals surface area contributed by atoms with E-state index in [4.69, 9.17) is 0 Å². The third-order valence-electron chi connectivity index (χ3n) is 12.9. The van der Waals surface area contributed by atoms with Gasteiger partial charge in [0.25, 0.3) is 0 Å². The van der Waals surface area contributed by atoms with Crippen LogP contribution in [0.25, 0.3) is 33.4 Å². The largest absolute Gasteiger partial charge is 0.309 e. The number of anilines is 6. The lowest BCUT2D eigenvalue weighted by Gasteiger charge is -2.38. The van der Waals surface area contributed by atoms with E-state index in [1.165, 1.54) is 61.2 Å². The zero-order valence-corrected chi connectivity index (χ0v) is 38.8. The molecular formula is C64H56N2. The molecule has 2 nitrogen and oxygen atoms in total. The van der Waals surface area contributed by atoms with Gasteiger partial charge >= 0.3 is 0 Å². The first-order valence-corrected chi connectivity index (χ1v) is 23.2. The molecule has 1 heterocycles. The predicted octanol–water partition coefficient (Wildman–Crippen LogP) is 17.9. The monoisotopic (exact) mass is 852 g/mol. The number of fused-ring (bicyclic) bond motifs is 2. The summed E-state index contributed by atoms with van der Waals surface area (Å²) >= 11 is 0. The van der Waals surface area contributed by atoms with Gasteiger partial charge in [0.05, 0.1) is 22.7 Å². The normalized spacial score (nSPS) is 12.3. The van der Waals surface area contributed by atoms with Crippen molar-refractivity contribution in [2.75, 3.05) is 9.80 Å². The Kier molecular flexibility index (Phi) is 11.1. The summed E-state index contributed by atoms with van der Waals surface area (Å²) in [6, 6.07) is 84.8. The number of rotatable bonds is 8. The van der Waals surface area contributed by atoms with E-state index in [2.05, 4.69) is 282 Å². The minimum atomic E-state index is -0.0540. The van der Waals surface area contributed by atoms with Crippen LogP contribution in [0.5, 0.6) is 0 Å². The summed E-state index contributed by atoms with van der Waals surface area (Å²) in [7, 11) is 0. The zero-order valence-electron chi connectivity index (χ0n) is 38.8. The van der Waals surface area contributed by atoms with Gasteiger partial charge in [-0.2, -0.15) is 0 Å². The fraction of sp³-hybridized carbons (Fsp3) is 0.125. The molecule has 2 heteroatoms. The summed E-state index contributed by atoms with van der Waals surface area (Å²) in [5, 5.41) is 0. The van der Waals surface area contributed by atoms with Crippen molar-refractivity contribution in [3.63, 3.8) is 0 Å². The second-order valence-corrected chi connectivity index (χ2v) is 19.4. The molecule has 9 aromatic rings. The van der Waals surface area contributed by atoms with E-state index in [9.17, 15) is 0 Å². The Hall–Kier alpha value is -7.68. The SMILES string of the molecule is CC(C)(C)c1ccc(N(c2ccc3c(c2)C(=C(c2ccccc2)c2ccccc2)c2ccccc2N3c2ccccc2)c2ccc(C(C)(C)C)cc2-c2ccccc2)c(-c2ccccc2)c1. The molecule has 0 saturated heterocycles. The van der Waals surface area contributed by atoms with Crippen LogP contribution < -0.4 is 9.80 Å². The van der Waals surface area contributed by atoms with Gasteiger partial charge in [0.1, 0.15) is 0 Å². The molecule has 0 unspecified atom stereocenters. The highest BCUT2D eigenvalue weighted by atomic mass is 15.2. The highest BCUT2D eigenvalue weighted by Gasteiger charge is 2.33. The second kappa shape index (κ2) is 17.4. The molecule has 1 aliphatic rings. The molecule has 0 atom stereocenters. The van der Waals surface area contributed by atoms with Gasteiger partial charge in [-0.05, 0) is 110 Å². The van der Waals surface area contributed by atoms with Gasteiger partial charge in [0.15, 0.2) is 0 Å². The van der Waals surface area contributed by atoms with E-state index in [0.29, 0.717) is 0 Å². The maximum atomic E-state index is 2.53. The van der Waals surface area contributed by atoms with Crippen molar-refractivity contribution in [1.82, 2.24) is 0 Å². The quantitative estimate of drug-likeness (QED) is 0.150. The van der Waals surface area contributed by atoms with Crippen molar-refractivity contribution < 1.29 is 0 Å². The number of hydrogen-bond acceptors (Lipinski definition) is 2. The summed E-state index contributed by atoms with van der Waals surface area (Å²) < 4.78 is 0. The van der Waals surface area contributed by atoms with Crippen LogP contribution in [0.1, 0.15) is 74.9 Å². The van der Waals surface area contributed by atoms with Crippen LogP contribution in [0.2, 0.25) is 0 Å². The molecule has 0 amide bonds. The Balaban J connectivity index is 1.34. The maximum absolute atomic E-state index is 2.53. The smallest absolute Gasteiger partial charge is 0.0542 e. The van der Waals surface area contributed by atoms with Gasteiger partial charge in [0, 0.05) is 39.2 Å². The van der Waals surface area contributed by atoms with E-state index in [-0.39, 0.29) is 10.8 Å². The van der Waals surface area contributed by atoms with Gasteiger partial charge in [0.2, 0.25) is 0 Å². The molecule has 66 heavy (non-hydrogen) atoms. The molecule has 10 rings (SSSR count). The average molecular weight is 853 g/mol. The molecule has 0 fully saturated rings. The van der Waals surface area contributed by atoms with Crippen molar-refractivity contribution >= 4 is 45.3 Å². The predicted molar refractivity (Wildman–Crippen MR) is 282 cm³/mol. The summed E-state index contributed by atoms with van der Waals surface area (Å²) in [5.41, 5.74) is 20.9. The van der Waals surface area contributed by atoms with E-state index < -0.39 is 0 Å². The molecule has 0 bridgehead atoms. The zero-order chi connectivity index (χ0) is 45.4. The Bertz CT molecular complexity index is 3030. The van der Waals surface area contributed by atoms with Gasteiger partial charge < -0.3 is 9.80 Å². The van der Waals surface area contributed by atoms with Crippen LogP contribution in [0.4, 0.5) is 34.1 Å². The van der Waals surface area contributed by atoms with Crippen molar-refractivity contribution in [2.45, 2.75) is 52.4 Å². The van der Waals surface area contributed by atoms with E-state index in [0.717, 1.165) is 39.7 Å². The van der Waals surface area contributed by atoms with Gasteiger partial charge in [-0.3, -0.25) is 0 Å². The topological polar surface area (TPSA) is 6.48 Å². The molecule has 1 aliphatic heterocycles. The minimum Gasteiger partial charge on any atom is -0.309 e. The molecule has 0 aliphatic carbocycles. The number of benzene rings is 9. The lowest BCUT2D eigenvalue weighted by atomic mass is 9.81. The fourth-order valence-corrected chi connectivity index (χ4v) is 9.50. The highest BCUT2D eigenvalue weighted by Crippen LogP contribution is 2.55. The van der Waals surface area contributed by atoms with Crippen LogP contribution >= 0.6 is 0 Å². The maximum Gasteiger partial charge on any atom is 0.0542 e. The second-order valence-electron chi connectivity index (χ2n) is 19.4. The van der Waals surface area contributed by atoms with Crippen LogP contribution in [-0.2, 0) is 10.8 Å². The fourth-order valence-electron chi connectivity index (χ4n) is 9.50. The average Bonchev–Trinajstić information content (AvgIpc) is 3.35. The summed E-state index contributed by atoms with van der Waals surface area (Å²) in [6.45, 7) is 13.8. The van der Waals surface area contributed by atoms with Crippen molar-refractivity contribution in [3.05, 3.63) is 264 Å². The third-order valence-corrected chi connectivity index (χ3v) is 12.9. The van der Waals surface area contributed by atoms with Crippen LogP contribution in [0, 0.1) is 0 Å². The van der Waals surface area contributed by atoms with Crippen LogP contribution in [-0.4, -0.2) is 0 Å². The summed E-state index contributed by atoms with van der Waals surface area (Å²) in [6.07, 6.45) is 0. The van der Waals surface area contributed by atoms with E-state index >= 15 is 0 Å². The van der Waals surface area contributed by atoms with E-state index in [1.54, 1.807) is 0 Å². The van der Waals surface area contributed by atoms with Gasteiger partial charge in [-0.25, -0.2) is 0 Å². The number of hydrogen-bond donors (Lipinski definition) is 0. The van der Waals surface area contributed by atoms with Gasteiger partial charge in [-0.1, -0.05) is 211 Å². The van der Waals surface area contributed by atoms with Crippen molar-refractivity contribution in [2.24, 2.45) is 0 Å². The first-order valence-electron chi connectivity index (χ1n) is 23.2. The highest BCUT2D eigenvalue weighted by molar-refractivity contribution is 6.13. The molecule has 0 radical (unpaired) electrons. The molecule has 0 aromatic heterocycles. The van der Waals surface area contributed by atoms with Crippen LogP contribution in [0.3, 0.4) is 0 Å². The van der Waals surface area contributed by atoms with Crippen molar-refractivity contribution in [3.8, 4) is 22.3 Å². The lowest BCUT2D eigenvalue weighted by molar-refractivity contribution is 0.590. The molecule has 0 saturated carbocycles. The molecule has 9 aromatic carbocycles. The molecule has 0 N–H and O–H groups in total. The molecule has 322 valence electrons. The van der Waals surface area contributed by atoms with Crippen LogP contribution in [0.15, 0.2) is 231 Å². The Morgan fingerprint density at radius 1 is 0.364 bits per heavy atom. The molecular weight excluding hydrogens is 797 g/mol. The van der Waals surface area contributed by atoms with Gasteiger partial charge in [-0.15, -0.1) is 0 Å². The lowest BCUT2D eigenvalue weighted by Crippen LogP contribution is -2.20. The first-order chi connectivity index (χ1) is 32.0. The number of para-hydroxylation sites is 2. The Morgan fingerprint density at radius 2 is 0.788 bits per heavy atom. The summed E-state index contributed by atoms with van der Waals surface area (Å²) in [4.78, 5) is 4.97. The van der Waals surface area contributed by atoms with E-state index in [1.807, 2.05) is 0 Å². The molecule has 0 spiro atoms. The summed E-state index contributed by atoms with van der Waals surface area (Å²) in [5.74, 6) is 0.